The number of hydrogen-bond donors (Lipinski definition) is 2. The van der Waals surface area contributed by atoms with Gasteiger partial charge in [-0.1, -0.05) is 29.8 Å². The number of halogens is 1. The van der Waals surface area contributed by atoms with Crippen LogP contribution in [0.3, 0.4) is 0 Å². The van der Waals surface area contributed by atoms with Gasteiger partial charge < -0.3 is 10.2 Å². The average molecular weight is 451 g/mol. The van der Waals surface area contributed by atoms with Crippen LogP contribution < -0.4 is 5.32 Å². The van der Waals surface area contributed by atoms with Crippen molar-refractivity contribution in [3.8, 4) is 0 Å². The van der Waals surface area contributed by atoms with E-state index < -0.39 is 0 Å². The smallest absolute Gasteiger partial charge is 0.245 e. The Bertz CT molecular complexity index is 1320. The van der Waals surface area contributed by atoms with E-state index in [0.717, 1.165) is 45.9 Å². The second kappa shape index (κ2) is 8.27. The molecule has 2 aromatic heterocycles. The first-order chi connectivity index (χ1) is 15.5. The quantitative estimate of drug-likeness (QED) is 0.452. The number of aromatic nitrogens is 4. The summed E-state index contributed by atoms with van der Waals surface area (Å²) >= 11 is 6.27. The molecule has 1 fully saturated rings. The molecule has 5 rings (SSSR count). The zero-order valence-electron chi connectivity index (χ0n) is 17.6. The first-order valence-electron chi connectivity index (χ1n) is 10.6. The number of hydrogen-bond acceptors (Lipinski definition) is 4. The molecule has 8 nitrogen and oxygen atoms in total. The van der Waals surface area contributed by atoms with Crippen LogP contribution in [-0.4, -0.2) is 49.3 Å². The van der Waals surface area contributed by atoms with Crippen molar-refractivity contribution in [2.75, 3.05) is 6.54 Å². The van der Waals surface area contributed by atoms with Gasteiger partial charge in [-0.15, -0.1) is 0 Å². The number of para-hydroxylation sites is 1. The fourth-order valence-electron chi connectivity index (χ4n) is 4.03. The standard InChI is InChI=1S/C23H23ClN6O2/c1-14-18-4-2-3-5-20(18)30(28-14)13-22(32)29(17-6-7-17)12-21(31)25-10-15-8-16-11-26-27-23(16)19(24)9-15/h2-5,8-9,11,17H,6-7,10,12-13H2,1H3,(H,25,31)(H,26,27). The zero-order valence-corrected chi connectivity index (χ0v) is 18.4. The first-order valence-corrected chi connectivity index (χ1v) is 11.0. The van der Waals surface area contributed by atoms with E-state index >= 15 is 0 Å². The summed E-state index contributed by atoms with van der Waals surface area (Å²) in [5, 5.41) is 16.7. The summed E-state index contributed by atoms with van der Waals surface area (Å²) in [4.78, 5) is 27.4. The average Bonchev–Trinajstić information content (AvgIpc) is 3.42. The molecule has 1 aliphatic carbocycles. The number of benzene rings is 2. The van der Waals surface area contributed by atoms with Crippen molar-refractivity contribution >= 4 is 45.2 Å². The van der Waals surface area contributed by atoms with Gasteiger partial charge in [0.1, 0.15) is 6.54 Å². The molecule has 0 spiro atoms. The highest BCUT2D eigenvalue weighted by atomic mass is 35.5. The van der Waals surface area contributed by atoms with Crippen LogP contribution >= 0.6 is 11.6 Å². The Kier molecular flexibility index (Phi) is 5.30. The SMILES string of the molecule is Cc1nn(CC(=O)N(CC(=O)NCc2cc(Cl)c3[nH]ncc3c2)C2CC2)c2ccccc12. The topological polar surface area (TPSA) is 95.9 Å². The maximum absolute atomic E-state index is 13.1. The minimum Gasteiger partial charge on any atom is -0.350 e. The minimum absolute atomic E-state index is 0.0311. The van der Waals surface area contributed by atoms with Gasteiger partial charge in [0.15, 0.2) is 0 Å². The fourth-order valence-corrected chi connectivity index (χ4v) is 4.32. The van der Waals surface area contributed by atoms with Crippen LogP contribution in [0.4, 0.5) is 0 Å². The molecule has 2 aromatic carbocycles. The normalized spacial score (nSPS) is 13.6. The maximum Gasteiger partial charge on any atom is 0.245 e. The molecule has 0 saturated heterocycles. The molecule has 0 radical (unpaired) electrons. The van der Waals surface area contributed by atoms with Gasteiger partial charge in [0.25, 0.3) is 0 Å². The van der Waals surface area contributed by atoms with E-state index in [4.69, 9.17) is 11.6 Å². The van der Waals surface area contributed by atoms with Crippen LogP contribution in [-0.2, 0) is 22.7 Å². The van der Waals surface area contributed by atoms with Crippen molar-refractivity contribution in [3.05, 3.63) is 58.9 Å². The summed E-state index contributed by atoms with van der Waals surface area (Å²) in [6.07, 6.45) is 3.54. The summed E-state index contributed by atoms with van der Waals surface area (Å²) in [6.45, 7) is 2.41. The number of carbonyl (C=O) groups is 2. The van der Waals surface area contributed by atoms with Crippen molar-refractivity contribution in [3.63, 3.8) is 0 Å². The summed E-state index contributed by atoms with van der Waals surface area (Å²) in [7, 11) is 0. The second-order valence-electron chi connectivity index (χ2n) is 8.20. The fraction of sp³-hybridized carbons (Fsp3) is 0.304. The number of fused-ring (bicyclic) bond motifs is 2. The van der Waals surface area contributed by atoms with Crippen molar-refractivity contribution in [1.82, 2.24) is 30.2 Å². The monoisotopic (exact) mass is 450 g/mol. The third kappa shape index (κ3) is 4.05. The van der Waals surface area contributed by atoms with Gasteiger partial charge in [0.05, 0.1) is 34.5 Å². The van der Waals surface area contributed by atoms with Crippen LogP contribution in [0, 0.1) is 6.92 Å². The number of H-pyrrole nitrogens is 1. The van der Waals surface area contributed by atoms with E-state index in [2.05, 4.69) is 20.6 Å². The van der Waals surface area contributed by atoms with Crippen LogP contribution in [0.15, 0.2) is 42.6 Å². The van der Waals surface area contributed by atoms with Crippen molar-refractivity contribution in [2.45, 2.75) is 38.9 Å². The van der Waals surface area contributed by atoms with E-state index in [9.17, 15) is 9.59 Å². The summed E-state index contributed by atoms with van der Waals surface area (Å²) in [6, 6.07) is 11.7. The highest BCUT2D eigenvalue weighted by Gasteiger charge is 2.34. The molecule has 1 saturated carbocycles. The summed E-state index contributed by atoms with van der Waals surface area (Å²) in [5.74, 6) is -0.297. The number of aromatic amines is 1. The molecule has 0 bridgehead atoms. The molecule has 2 N–H and O–H groups in total. The van der Waals surface area contributed by atoms with Crippen molar-refractivity contribution in [2.24, 2.45) is 0 Å². The highest BCUT2D eigenvalue weighted by molar-refractivity contribution is 6.35. The predicted molar refractivity (Wildman–Crippen MR) is 122 cm³/mol. The Hall–Kier alpha value is -3.39. The molecule has 0 unspecified atom stereocenters. The molecular weight excluding hydrogens is 428 g/mol. The molecule has 4 aromatic rings. The number of carbonyl (C=O) groups excluding carboxylic acids is 2. The van der Waals surface area contributed by atoms with Crippen LogP contribution in [0.5, 0.6) is 0 Å². The summed E-state index contributed by atoms with van der Waals surface area (Å²) < 4.78 is 1.72. The molecule has 2 heterocycles. The Balaban J connectivity index is 1.24. The minimum atomic E-state index is -0.199. The number of aryl methyl sites for hydroxylation is 1. The van der Waals surface area contributed by atoms with Crippen molar-refractivity contribution in [1.29, 1.82) is 0 Å². The van der Waals surface area contributed by atoms with Gasteiger partial charge >= 0.3 is 0 Å². The zero-order chi connectivity index (χ0) is 22.2. The third-order valence-corrected chi connectivity index (χ3v) is 6.10. The first kappa shape index (κ1) is 20.5. The highest BCUT2D eigenvalue weighted by Crippen LogP contribution is 2.27. The number of amides is 2. The Morgan fingerprint density at radius 2 is 2.09 bits per heavy atom. The van der Waals surface area contributed by atoms with E-state index in [1.165, 1.54) is 0 Å². The Morgan fingerprint density at radius 3 is 2.91 bits per heavy atom. The van der Waals surface area contributed by atoms with Crippen LogP contribution in [0.25, 0.3) is 21.8 Å². The lowest BCUT2D eigenvalue weighted by molar-refractivity contribution is -0.137. The van der Waals surface area contributed by atoms with E-state index in [-0.39, 0.29) is 30.9 Å². The van der Waals surface area contributed by atoms with Crippen LogP contribution in [0.1, 0.15) is 24.1 Å². The second-order valence-corrected chi connectivity index (χ2v) is 8.61. The summed E-state index contributed by atoms with van der Waals surface area (Å²) in [5.41, 5.74) is 3.45. The molecule has 0 atom stereocenters. The van der Waals surface area contributed by atoms with E-state index in [1.54, 1.807) is 21.8 Å². The number of nitrogens with zero attached hydrogens (tertiary/aromatic N) is 4. The lowest BCUT2D eigenvalue weighted by Gasteiger charge is -2.22. The van der Waals surface area contributed by atoms with E-state index in [0.29, 0.717) is 11.6 Å². The number of rotatable bonds is 7. The molecule has 32 heavy (non-hydrogen) atoms. The predicted octanol–water partition coefficient (Wildman–Crippen LogP) is 3.18. The van der Waals surface area contributed by atoms with E-state index in [1.807, 2.05) is 37.3 Å². The molecule has 2 amide bonds. The van der Waals surface area contributed by atoms with Gasteiger partial charge in [-0.05, 0) is 43.5 Å². The van der Waals surface area contributed by atoms with Gasteiger partial charge in [0, 0.05) is 23.4 Å². The maximum atomic E-state index is 13.1. The molecule has 164 valence electrons. The molecule has 9 heteroatoms. The Labute approximate surface area is 189 Å². The molecular formula is C23H23ClN6O2. The van der Waals surface area contributed by atoms with Gasteiger partial charge in [-0.2, -0.15) is 10.2 Å². The Morgan fingerprint density at radius 1 is 1.28 bits per heavy atom. The van der Waals surface area contributed by atoms with Crippen LogP contribution in [0.2, 0.25) is 5.02 Å². The van der Waals surface area contributed by atoms with Gasteiger partial charge in [0.2, 0.25) is 11.8 Å². The van der Waals surface area contributed by atoms with Gasteiger partial charge in [-0.3, -0.25) is 19.4 Å². The molecule has 0 aliphatic heterocycles. The van der Waals surface area contributed by atoms with Crippen molar-refractivity contribution < 1.29 is 9.59 Å². The van der Waals surface area contributed by atoms with Gasteiger partial charge in [-0.25, -0.2) is 0 Å². The third-order valence-electron chi connectivity index (χ3n) is 5.80. The largest absolute Gasteiger partial charge is 0.350 e. The molecule has 1 aliphatic rings. The number of nitrogens with one attached hydrogen (secondary N) is 2. The lowest BCUT2D eigenvalue weighted by atomic mass is 10.1. The lowest BCUT2D eigenvalue weighted by Crippen LogP contribution is -2.43.